The molecule has 1 heterocycles. The minimum absolute atomic E-state index is 0.0278. The molecule has 0 aromatic heterocycles. The van der Waals surface area contributed by atoms with E-state index in [1.54, 1.807) is 0 Å². The van der Waals surface area contributed by atoms with E-state index in [4.69, 9.17) is 14.6 Å². The number of aliphatic hydroxyl groups excluding tert-OH is 2. The van der Waals surface area contributed by atoms with Gasteiger partial charge in [0.15, 0.2) is 0 Å². The lowest BCUT2D eigenvalue weighted by atomic mass is 10.0. The van der Waals surface area contributed by atoms with E-state index in [0.717, 1.165) is 35.8 Å². The monoisotopic (exact) mass is 470 g/mol. The number of benzene rings is 1. The van der Waals surface area contributed by atoms with Crippen LogP contribution in [0.3, 0.4) is 0 Å². The molecule has 0 spiro atoms. The summed E-state index contributed by atoms with van der Waals surface area (Å²) in [5.41, 5.74) is 1.64. The summed E-state index contributed by atoms with van der Waals surface area (Å²) in [6, 6.07) is 3.99. The zero-order chi connectivity index (χ0) is 20.8. The molecular formula is C21H31BrN2O5. The van der Waals surface area contributed by atoms with Gasteiger partial charge in [-0.1, -0.05) is 15.9 Å². The van der Waals surface area contributed by atoms with Crippen molar-refractivity contribution in [3.8, 4) is 5.75 Å². The van der Waals surface area contributed by atoms with Crippen molar-refractivity contribution in [3.05, 3.63) is 27.7 Å². The molecule has 162 valence electrons. The van der Waals surface area contributed by atoms with Crippen molar-refractivity contribution in [1.29, 1.82) is 0 Å². The average Bonchev–Trinajstić information content (AvgIpc) is 3.56. The van der Waals surface area contributed by atoms with E-state index < -0.39 is 6.10 Å². The molecule has 3 N–H and O–H groups in total. The standard InChI is InChI=1S/C21H31BrN2O5/c1-14(24(16-4-5-16)21(27)20-12-23-6-9-29-20)15-10-18(22)17(13-26)19(11-15)28-8-3-2-7-25/h10-11,14,16,20,23,25-26H,2-9,12-13H2,1H3/t14-,20+/m0/s1. The molecule has 8 heteroatoms. The van der Waals surface area contributed by atoms with Crippen LogP contribution < -0.4 is 10.1 Å². The fraction of sp³-hybridized carbons (Fsp3) is 0.667. The van der Waals surface area contributed by atoms with Gasteiger partial charge < -0.3 is 29.9 Å². The molecule has 0 unspecified atom stereocenters. The topological polar surface area (TPSA) is 91.3 Å². The number of hydrogen-bond acceptors (Lipinski definition) is 6. The van der Waals surface area contributed by atoms with Crippen LogP contribution in [0.15, 0.2) is 16.6 Å². The Hall–Kier alpha value is -1.19. The molecule has 0 bridgehead atoms. The number of morpholine rings is 1. The number of carbonyl (C=O) groups excluding carboxylic acids is 1. The number of hydrogen-bond donors (Lipinski definition) is 3. The Morgan fingerprint density at radius 2 is 2.17 bits per heavy atom. The van der Waals surface area contributed by atoms with Crippen LogP contribution in [0.4, 0.5) is 0 Å². The minimum Gasteiger partial charge on any atom is -0.493 e. The van der Waals surface area contributed by atoms with Gasteiger partial charge in [-0.15, -0.1) is 0 Å². The summed E-state index contributed by atoms with van der Waals surface area (Å²) >= 11 is 3.55. The molecule has 0 radical (unpaired) electrons. The van der Waals surface area contributed by atoms with Crippen LogP contribution in [0.25, 0.3) is 0 Å². The SMILES string of the molecule is C[C@@H](c1cc(Br)c(CO)c(OCCCCO)c1)N(C(=O)[C@H]1CNCCO1)C1CC1. The largest absolute Gasteiger partial charge is 0.493 e. The molecule has 3 rings (SSSR count). The maximum atomic E-state index is 13.2. The van der Waals surface area contributed by atoms with Crippen LogP contribution in [-0.2, 0) is 16.1 Å². The molecule has 29 heavy (non-hydrogen) atoms. The second kappa shape index (κ2) is 10.7. The summed E-state index contributed by atoms with van der Waals surface area (Å²) in [7, 11) is 0. The van der Waals surface area contributed by atoms with Gasteiger partial charge in [0, 0.05) is 35.8 Å². The molecule has 1 aliphatic carbocycles. The Kier molecular flexibility index (Phi) is 8.32. The first-order valence-corrected chi connectivity index (χ1v) is 11.2. The van der Waals surface area contributed by atoms with Crippen LogP contribution in [0.1, 0.15) is 49.8 Å². The Labute approximate surface area is 180 Å². The van der Waals surface area contributed by atoms with Crippen LogP contribution in [-0.4, -0.2) is 66.1 Å². The van der Waals surface area contributed by atoms with Crippen molar-refractivity contribution in [2.45, 2.75) is 57.4 Å². The van der Waals surface area contributed by atoms with E-state index in [-0.39, 0.29) is 31.2 Å². The molecule has 2 atom stereocenters. The Balaban J connectivity index is 1.80. The van der Waals surface area contributed by atoms with Gasteiger partial charge in [0.25, 0.3) is 5.91 Å². The summed E-state index contributed by atoms with van der Waals surface area (Å²) in [6.45, 7) is 4.35. The number of unbranched alkanes of at least 4 members (excludes halogenated alkanes) is 1. The third kappa shape index (κ3) is 5.70. The number of nitrogens with one attached hydrogen (secondary N) is 1. The van der Waals surface area contributed by atoms with E-state index in [9.17, 15) is 9.90 Å². The molecule has 2 aliphatic rings. The predicted octanol–water partition coefficient (Wildman–Crippen LogP) is 2.13. The first-order valence-electron chi connectivity index (χ1n) is 10.4. The molecule has 1 amide bonds. The van der Waals surface area contributed by atoms with Gasteiger partial charge >= 0.3 is 0 Å². The third-order valence-corrected chi connectivity index (χ3v) is 6.15. The van der Waals surface area contributed by atoms with Crippen molar-refractivity contribution in [2.24, 2.45) is 0 Å². The lowest BCUT2D eigenvalue weighted by Gasteiger charge is -2.34. The van der Waals surface area contributed by atoms with Gasteiger partial charge in [0.1, 0.15) is 11.9 Å². The second-order valence-electron chi connectivity index (χ2n) is 7.63. The predicted molar refractivity (Wildman–Crippen MR) is 113 cm³/mol. The fourth-order valence-electron chi connectivity index (χ4n) is 3.64. The number of carbonyl (C=O) groups is 1. The third-order valence-electron chi connectivity index (χ3n) is 5.44. The maximum absolute atomic E-state index is 13.2. The van der Waals surface area contributed by atoms with Gasteiger partial charge in [0.05, 0.1) is 25.9 Å². The van der Waals surface area contributed by atoms with E-state index in [2.05, 4.69) is 21.2 Å². The zero-order valence-corrected chi connectivity index (χ0v) is 18.5. The zero-order valence-electron chi connectivity index (χ0n) is 16.9. The smallest absolute Gasteiger partial charge is 0.253 e. The molecule has 1 aliphatic heterocycles. The highest BCUT2D eigenvalue weighted by Crippen LogP contribution is 2.38. The van der Waals surface area contributed by atoms with Gasteiger partial charge in [-0.05, 0) is 50.3 Å². The lowest BCUT2D eigenvalue weighted by Crippen LogP contribution is -2.50. The van der Waals surface area contributed by atoms with Gasteiger partial charge in [-0.25, -0.2) is 0 Å². The second-order valence-corrected chi connectivity index (χ2v) is 8.49. The van der Waals surface area contributed by atoms with Crippen molar-refractivity contribution >= 4 is 21.8 Å². The molecule has 1 aromatic rings. The first kappa shape index (κ1) is 22.5. The molecule has 2 fully saturated rings. The molecule has 1 saturated heterocycles. The quantitative estimate of drug-likeness (QED) is 0.453. The van der Waals surface area contributed by atoms with Crippen LogP contribution >= 0.6 is 15.9 Å². The van der Waals surface area contributed by atoms with E-state index in [1.165, 1.54) is 0 Å². The van der Waals surface area contributed by atoms with Crippen molar-refractivity contribution in [2.75, 3.05) is 32.9 Å². The van der Waals surface area contributed by atoms with Gasteiger partial charge in [-0.3, -0.25) is 4.79 Å². The number of halogens is 1. The normalized spacial score (nSPS) is 20.3. The molecule has 7 nitrogen and oxygen atoms in total. The Morgan fingerprint density at radius 3 is 2.79 bits per heavy atom. The number of nitrogens with zero attached hydrogens (tertiary/aromatic N) is 1. The molecular weight excluding hydrogens is 440 g/mol. The van der Waals surface area contributed by atoms with E-state index in [1.807, 2.05) is 24.0 Å². The average molecular weight is 471 g/mol. The van der Waals surface area contributed by atoms with Crippen LogP contribution in [0.2, 0.25) is 0 Å². The van der Waals surface area contributed by atoms with Crippen molar-refractivity contribution < 1.29 is 24.5 Å². The van der Waals surface area contributed by atoms with Gasteiger partial charge in [0.2, 0.25) is 0 Å². The maximum Gasteiger partial charge on any atom is 0.253 e. The van der Waals surface area contributed by atoms with Crippen LogP contribution in [0, 0.1) is 0 Å². The summed E-state index contributed by atoms with van der Waals surface area (Å²) in [6.07, 6.45) is 2.98. The fourth-order valence-corrected chi connectivity index (χ4v) is 4.23. The van der Waals surface area contributed by atoms with Gasteiger partial charge in [-0.2, -0.15) is 0 Å². The number of amides is 1. The highest BCUT2D eigenvalue weighted by Gasteiger charge is 2.40. The first-order chi connectivity index (χ1) is 14.1. The van der Waals surface area contributed by atoms with E-state index >= 15 is 0 Å². The molecule has 1 saturated carbocycles. The summed E-state index contributed by atoms with van der Waals surface area (Å²) in [5.74, 6) is 0.639. The summed E-state index contributed by atoms with van der Waals surface area (Å²) in [5, 5.41) is 21.9. The number of rotatable bonds is 10. The minimum atomic E-state index is -0.443. The number of aliphatic hydroxyl groups is 2. The summed E-state index contributed by atoms with van der Waals surface area (Å²) < 4.78 is 12.4. The number of ether oxygens (including phenoxy) is 2. The van der Waals surface area contributed by atoms with Crippen LogP contribution in [0.5, 0.6) is 5.75 Å². The highest BCUT2D eigenvalue weighted by molar-refractivity contribution is 9.10. The lowest BCUT2D eigenvalue weighted by molar-refractivity contribution is -0.148. The summed E-state index contributed by atoms with van der Waals surface area (Å²) in [4.78, 5) is 15.1. The van der Waals surface area contributed by atoms with Crippen molar-refractivity contribution in [1.82, 2.24) is 10.2 Å². The molecule has 1 aromatic carbocycles. The highest BCUT2D eigenvalue weighted by atomic mass is 79.9. The Bertz CT molecular complexity index is 692. The van der Waals surface area contributed by atoms with E-state index in [0.29, 0.717) is 37.5 Å². The van der Waals surface area contributed by atoms with Crippen molar-refractivity contribution in [3.63, 3.8) is 0 Å². The Morgan fingerprint density at radius 1 is 1.38 bits per heavy atom.